The third-order valence-corrected chi connectivity index (χ3v) is 4.13. The van der Waals surface area contributed by atoms with Crippen molar-refractivity contribution in [2.45, 2.75) is 18.4 Å². The molecule has 5 nitrogen and oxygen atoms in total. The molecule has 2 aromatic carbocycles. The molecule has 2 N–H and O–H groups in total. The van der Waals surface area contributed by atoms with Gasteiger partial charge in [-0.25, -0.2) is 4.79 Å². The number of amides is 2. The number of carboxylic acid groups (broad SMARTS) is 1. The Kier molecular flexibility index (Phi) is 4.02. The molecule has 0 spiro atoms. The summed E-state index contributed by atoms with van der Waals surface area (Å²) in [5, 5.41) is 11.2. The van der Waals surface area contributed by atoms with E-state index in [1.54, 1.807) is 24.1 Å². The Balaban J connectivity index is 1.68. The highest BCUT2D eigenvalue weighted by atomic mass is 16.4. The number of benzene rings is 2. The summed E-state index contributed by atoms with van der Waals surface area (Å²) >= 11 is 0. The van der Waals surface area contributed by atoms with Crippen molar-refractivity contribution in [1.82, 2.24) is 5.32 Å². The smallest absolute Gasteiger partial charge is 0.404 e. The largest absolute Gasteiger partial charge is 0.465 e. The van der Waals surface area contributed by atoms with Crippen LogP contribution >= 0.6 is 0 Å². The maximum Gasteiger partial charge on any atom is 0.404 e. The van der Waals surface area contributed by atoms with E-state index in [2.05, 4.69) is 5.32 Å². The fourth-order valence-corrected chi connectivity index (χ4v) is 2.72. The van der Waals surface area contributed by atoms with E-state index in [1.807, 2.05) is 42.5 Å². The van der Waals surface area contributed by atoms with Gasteiger partial charge in [0.05, 0.1) is 0 Å². The van der Waals surface area contributed by atoms with Gasteiger partial charge >= 0.3 is 6.09 Å². The summed E-state index contributed by atoms with van der Waals surface area (Å²) in [5.74, 6) is 0.140. The Morgan fingerprint density at radius 1 is 1.09 bits per heavy atom. The standard InChI is InChI=1S/C18H18N2O3/c1-20(14-5-3-2-4-6-14)17(21)13-9-7-12(8-10-13)15-11-16(15)19-18(22)23/h2-10,15-16,19H,11H2,1H3,(H,22,23)/t15-,16+/m0/s1. The molecule has 0 radical (unpaired) electrons. The molecule has 1 aliphatic carbocycles. The van der Waals surface area contributed by atoms with Crippen molar-refractivity contribution in [1.29, 1.82) is 0 Å². The van der Waals surface area contributed by atoms with Gasteiger partial charge in [0.15, 0.2) is 0 Å². The van der Waals surface area contributed by atoms with Crippen molar-refractivity contribution in [3.05, 3.63) is 65.7 Å². The monoisotopic (exact) mass is 310 g/mol. The topological polar surface area (TPSA) is 69.6 Å². The molecule has 1 aliphatic rings. The highest BCUT2D eigenvalue weighted by molar-refractivity contribution is 6.05. The summed E-state index contributed by atoms with van der Waals surface area (Å²) in [6.45, 7) is 0. The van der Waals surface area contributed by atoms with Gasteiger partial charge in [0.25, 0.3) is 5.91 Å². The lowest BCUT2D eigenvalue weighted by molar-refractivity contribution is 0.0993. The number of nitrogens with one attached hydrogen (secondary N) is 1. The van der Waals surface area contributed by atoms with E-state index in [0.717, 1.165) is 17.7 Å². The van der Waals surface area contributed by atoms with Crippen LogP contribution < -0.4 is 10.2 Å². The molecule has 3 rings (SSSR count). The maximum atomic E-state index is 12.5. The van der Waals surface area contributed by atoms with Crippen LogP contribution in [-0.4, -0.2) is 30.2 Å². The fraction of sp³-hybridized carbons (Fsp3) is 0.222. The average Bonchev–Trinajstić information content (AvgIpc) is 3.33. The molecule has 0 saturated heterocycles. The van der Waals surface area contributed by atoms with Crippen molar-refractivity contribution >= 4 is 17.7 Å². The van der Waals surface area contributed by atoms with Gasteiger partial charge in [-0.1, -0.05) is 30.3 Å². The highest BCUT2D eigenvalue weighted by Crippen LogP contribution is 2.40. The number of hydrogen-bond donors (Lipinski definition) is 2. The van der Waals surface area contributed by atoms with E-state index in [4.69, 9.17) is 5.11 Å². The normalized spacial score (nSPS) is 19.0. The summed E-state index contributed by atoms with van der Waals surface area (Å²) in [7, 11) is 1.75. The lowest BCUT2D eigenvalue weighted by Gasteiger charge is -2.17. The van der Waals surface area contributed by atoms with Crippen LogP contribution in [0.25, 0.3) is 0 Å². The SMILES string of the molecule is CN(C(=O)c1ccc([C@@H]2C[C@H]2NC(=O)O)cc1)c1ccccc1. The third kappa shape index (κ3) is 3.34. The van der Waals surface area contributed by atoms with Gasteiger partial charge in [0.2, 0.25) is 0 Å². The first-order valence-electron chi connectivity index (χ1n) is 7.49. The molecule has 0 unspecified atom stereocenters. The van der Waals surface area contributed by atoms with E-state index in [1.165, 1.54) is 0 Å². The van der Waals surface area contributed by atoms with Crippen molar-refractivity contribution in [3.63, 3.8) is 0 Å². The van der Waals surface area contributed by atoms with E-state index < -0.39 is 6.09 Å². The van der Waals surface area contributed by atoms with Gasteiger partial charge in [-0.15, -0.1) is 0 Å². The van der Waals surface area contributed by atoms with E-state index in [0.29, 0.717) is 5.56 Å². The zero-order valence-corrected chi connectivity index (χ0v) is 12.8. The first kappa shape index (κ1) is 15.1. The number of carbonyl (C=O) groups is 2. The molecule has 0 bridgehead atoms. The molecule has 0 heterocycles. The van der Waals surface area contributed by atoms with Crippen LogP contribution in [0.15, 0.2) is 54.6 Å². The number of para-hydroxylation sites is 1. The molecule has 1 saturated carbocycles. The summed E-state index contributed by atoms with van der Waals surface area (Å²) < 4.78 is 0. The van der Waals surface area contributed by atoms with Crippen LogP contribution in [0.3, 0.4) is 0 Å². The first-order valence-corrected chi connectivity index (χ1v) is 7.49. The summed E-state index contributed by atoms with van der Waals surface area (Å²) in [6.07, 6.45) is -0.183. The minimum absolute atomic E-state index is 0.0129. The van der Waals surface area contributed by atoms with Crippen molar-refractivity contribution < 1.29 is 14.7 Å². The minimum Gasteiger partial charge on any atom is -0.465 e. The van der Waals surface area contributed by atoms with Crippen molar-refractivity contribution in [2.24, 2.45) is 0 Å². The molecule has 2 aromatic rings. The van der Waals surface area contributed by atoms with E-state index >= 15 is 0 Å². The van der Waals surface area contributed by atoms with Crippen molar-refractivity contribution in [3.8, 4) is 0 Å². The number of rotatable bonds is 4. The summed E-state index contributed by atoms with van der Waals surface area (Å²) in [6, 6.07) is 16.9. The molecule has 0 aliphatic heterocycles. The second-order valence-corrected chi connectivity index (χ2v) is 5.72. The van der Waals surface area contributed by atoms with E-state index in [-0.39, 0.29) is 17.9 Å². The molecule has 0 aromatic heterocycles. The van der Waals surface area contributed by atoms with Crippen LogP contribution in [0.4, 0.5) is 10.5 Å². The Morgan fingerprint density at radius 3 is 2.35 bits per heavy atom. The molecule has 2 amide bonds. The Hall–Kier alpha value is -2.82. The molecule has 23 heavy (non-hydrogen) atoms. The Labute approximate surface area is 134 Å². The maximum absolute atomic E-state index is 12.5. The van der Waals surface area contributed by atoms with Gasteiger partial charge in [0, 0.05) is 30.3 Å². The zero-order chi connectivity index (χ0) is 16.4. The van der Waals surface area contributed by atoms with Crippen LogP contribution in [-0.2, 0) is 0 Å². The van der Waals surface area contributed by atoms with Crippen LogP contribution in [0.2, 0.25) is 0 Å². The lowest BCUT2D eigenvalue weighted by Crippen LogP contribution is -2.26. The highest BCUT2D eigenvalue weighted by Gasteiger charge is 2.39. The quantitative estimate of drug-likeness (QED) is 0.911. The Morgan fingerprint density at radius 2 is 1.74 bits per heavy atom. The zero-order valence-electron chi connectivity index (χ0n) is 12.8. The molecule has 5 heteroatoms. The van der Waals surface area contributed by atoms with Gasteiger partial charge in [0.1, 0.15) is 0 Å². The average molecular weight is 310 g/mol. The number of hydrogen-bond acceptors (Lipinski definition) is 2. The second-order valence-electron chi connectivity index (χ2n) is 5.72. The third-order valence-electron chi connectivity index (χ3n) is 4.13. The molecule has 1 fully saturated rings. The van der Waals surface area contributed by atoms with E-state index in [9.17, 15) is 9.59 Å². The summed E-state index contributed by atoms with van der Waals surface area (Å²) in [4.78, 5) is 24.7. The molecule has 2 atom stereocenters. The predicted molar refractivity (Wildman–Crippen MR) is 87.9 cm³/mol. The predicted octanol–water partition coefficient (Wildman–Crippen LogP) is 3.09. The minimum atomic E-state index is -0.992. The van der Waals surface area contributed by atoms with Gasteiger partial charge in [-0.3, -0.25) is 4.79 Å². The van der Waals surface area contributed by atoms with Crippen LogP contribution in [0.5, 0.6) is 0 Å². The lowest BCUT2D eigenvalue weighted by atomic mass is 10.1. The first-order chi connectivity index (χ1) is 11.1. The van der Waals surface area contributed by atoms with Gasteiger partial charge in [-0.05, 0) is 36.2 Å². The second kappa shape index (κ2) is 6.12. The number of carbonyl (C=O) groups excluding carboxylic acids is 1. The number of nitrogens with zero attached hydrogens (tertiary/aromatic N) is 1. The van der Waals surface area contributed by atoms with Gasteiger partial charge in [-0.2, -0.15) is 0 Å². The van der Waals surface area contributed by atoms with Gasteiger partial charge < -0.3 is 15.3 Å². The molecular weight excluding hydrogens is 292 g/mol. The molecular formula is C18H18N2O3. The fourth-order valence-electron chi connectivity index (χ4n) is 2.72. The Bertz CT molecular complexity index is 713. The summed E-state index contributed by atoms with van der Waals surface area (Å²) in [5.41, 5.74) is 2.51. The van der Waals surface area contributed by atoms with Crippen LogP contribution in [0, 0.1) is 0 Å². The number of anilines is 1. The van der Waals surface area contributed by atoms with Crippen molar-refractivity contribution in [2.75, 3.05) is 11.9 Å². The van der Waals surface area contributed by atoms with Crippen LogP contribution in [0.1, 0.15) is 28.3 Å². The molecule has 118 valence electrons.